The van der Waals surface area contributed by atoms with Crippen molar-refractivity contribution in [2.24, 2.45) is 5.92 Å². The van der Waals surface area contributed by atoms with Gasteiger partial charge in [0, 0.05) is 12.0 Å². The van der Waals surface area contributed by atoms with E-state index in [4.69, 9.17) is 4.42 Å². The molecule has 2 atom stereocenters. The summed E-state index contributed by atoms with van der Waals surface area (Å²) in [5.74, 6) is 0.550. The summed E-state index contributed by atoms with van der Waals surface area (Å²) in [7, 11) is 0. The largest absolute Gasteiger partial charge is 0.472 e. The molecule has 20 heavy (non-hydrogen) atoms. The smallest absolute Gasteiger partial charge is 0.254 e. The molecule has 1 aromatic carbocycles. The third-order valence-corrected chi connectivity index (χ3v) is 4.92. The summed E-state index contributed by atoms with van der Waals surface area (Å²) in [6, 6.07) is 10.5. The second-order valence-electron chi connectivity index (χ2n) is 5.94. The van der Waals surface area contributed by atoms with Gasteiger partial charge in [0.1, 0.15) is 6.26 Å². The van der Waals surface area contributed by atoms with Gasteiger partial charge in [0.25, 0.3) is 5.91 Å². The lowest BCUT2D eigenvalue weighted by atomic mass is 9.95. The van der Waals surface area contributed by atoms with Crippen LogP contribution in [0.15, 0.2) is 47.3 Å². The lowest BCUT2D eigenvalue weighted by Gasteiger charge is -2.11. The van der Waals surface area contributed by atoms with Crippen molar-refractivity contribution in [2.45, 2.75) is 24.7 Å². The highest BCUT2D eigenvalue weighted by atomic mass is 16.3. The SMILES string of the molecule is O=C(NC[C@@H]1C[C@]12CCc1ccccc12)c1ccoc1. The molecule has 102 valence electrons. The summed E-state index contributed by atoms with van der Waals surface area (Å²) in [4.78, 5) is 11.9. The van der Waals surface area contributed by atoms with Crippen LogP contribution in [0.4, 0.5) is 0 Å². The van der Waals surface area contributed by atoms with E-state index >= 15 is 0 Å². The maximum Gasteiger partial charge on any atom is 0.254 e. The monoisotopic (exact) mass is 267 g/mol. The number of fused-ring (bicyclic) bond motifs is 2. The van der Waals surface area contributed by atoms with E-state index in [9.17, 15) is 4.79 Å². The summed E-state index contributed by atoms with van der Waals surface area (Å²) in [5, 5.41) is 3.03. The van der Waals surface area contributed by atoms with Gasteiger partial charge in [-0.1, -0.05) is 24.3 Å². The highest BCUT2D eigenvalue weighted by Crippen LogP contribution is 2.61. The van der Waals surface area contributed by atoms with Crippen molar-refractivity contribution >= 4 is 5.91 Å². The second-order valence-corrected chi connectivity index (χ2v) is 5.94. The van der Waals surface area contributed by atoms with Crippen molar-refractivity contribution in [3.05, 3.63) is 59.5 Å². The molecule has 1 fully saturated rings. The quantitative estimate of drug-likeness (QED) is 0.929. The molecule has 0 aliphatic heterocycles. The van der Waals surface area contributed by atoms with Gasteiger partial charge in [-0.25, -0.2) is 0 Å². The van der Waals surface area contributed by atoms with Gasteiger partial charge in [-0.2, -0.15) is 0 Å². The van der Waals surface area contributed by atoms with Gasteiger partial charge in [-0.05, 0) is 42.4 Å². The fraction of sp³-hybridized carbons (Fsp3) is 0.353. The zero-order valence-corrected chi connectivity index (χ0v) is 11.3. The van der Waals surface area contributed by atoms with Crippen LogP contribution in [-0.2, 0) is 11.8 Å². The molecule has 1 aromatic heterocycles. The van der Waals surface area contributed by atoms with Crippen LogP contribution in [0.1, 0.15) is 34.3 Å². The molecule has 1 N–H and O–H groups in total. The summed E-state index contributed by atoms with van der Waals surface area (Å²) in [6.45, 7) is 0.762. The van der Waals surface area contributed by atoms with E-state index in [0.717, 1.165) is 6.54 Å². The molecular formula is C17H17NO2. The van der Waals surface area contributed by atoms with Gasteiger partial charge < -0.3 is 9.73 Å². The number of benzene rings is 1. The Balaban J connectivity index is 1.43. The minimum Gasteiger partial charge on any atom is -0.472 e. The lowest BCUT2D eigenvalue weighted by Crippen LogP contribution is -2.27. The topological polar surface area (TPSA) is 42.2 Å². The van der Waals surface area contributed by atoms with Crippen molar-refractivity contribution in [3.63, 3.8) is 0 Å². The van der Waals surface area contributed by atoms with Crippen LogP contribution in [0.5, 0.6) is 0 Å². The first-order chi connectivity index (χ1) is 9.79. The van der Waals surface area contributed by atoms with Gasteiger partial charge in [-0.15, -0.1) is 0 Å². The Labute approximate surface area is 118 Å². The number of aryl methyl sites for hydroxylation is 1. The number of hydrogen-bond acceptors (Lipinski definition) is 2. The van der Waals surface area contributed by atoms with Crippen molar-refractivity contribution in [1.29, 1.82) is 0 Å². The number of furan rings is 1. The summed E-state index contributed by atoms with van der Waals surface area (Å²) in [6.07, 6.45) is 6.64. The molecule has 2 aliphatic carbocycles. The minimum absolute atomic E-state index is 0.0351. The summed E-state index contributed by atoms with van der Waals surface area (Å²) in [5.41, 5.74) is 3.96. The maximum atomic E-state index is 11.9. The van der Waals surface area contributed by atoms with Gasteiger partial charge >= 0.3 is 0 Å². The number of hydrogen-bond donors (Lipinski definition) is 1. The molecule has 3 heteroatoms. The molecule has 4 rings (SSSR count). The number of carbonyl (C=O) groups is 1. The highest BCUT2D eigenvalue weighted by Gasteiger charge is 2.57. The highest BCUT2D eigenvalue weighted by molar-refractivity contribution is 5.93. The minimum atomic E-state index is -0.0351. The van der Waals surface area contributed by atoms with E-state index < -0.39 is 0 Å². The molecular weight excluding hydrogens is 250 g/mol. The zero-order valence-electron chi connectivity index (χ0n) is 11.3. The summed E-state index contributed by atoms with van der Waals surface area (Å²) >= 11 is 0. The van der Waals surface area contributed by atoms with Crippen molar-refractivity contribution in [1.82, 2.24) is 5.32 Å². The normalized spacial score (nSPS) is 26.5. The van der Waals surface area contributed by atoms with Crippen molar-refractivity contribution in [2.75, 3.05) is 6.54 Å². The standard InChI is InChI=1S/C17H17NO2/c19-16(13-6-8-20-11-13)18-10-14-9-17(14)7-5-12-3-1-2-4-15(12)17/h1-4,6,8,11,14H,5,7,9-10H2,(H,18,19)/t14-,17+/m0/s1. The third kappa shape index (κ3) is 1.69. The van der Waals surface area contributed by atoms with E-state index in [1.54, 1.807) is 6.07 Å². The molecule has 0 unspecified atom stereocenters. The first-order valence-electron chi connectivity index (χ1n) is 7.18. The Morgan fingerprint density at radius 1 is 1.35 bits per heavy atom. The maximum absolute atomic E-state index is 11.9. The van der Waals surface area contributed by atoms with Crippen LogP contribution < -0.4 is 5.32 Å². The molecule has 1 heterocycles. The Hall–Kier alpha value is -2.03. The first-order valence-corrected chi connectivity index (χ1v) is 7.18. The Bertz CT molecular complexity index is 647. The van der Waals surface area contributed by atoms with Crippen LogP contribution in [0.2, 0.25) is 0 Å². The molecule has 1 amide bonds. The molecule has 3 nitrogen and oxygen atoms in total. The predicted molar refractivity (Wildman–Crippen MR) is 75.6 cm³/mol. The number of amides is 1. The molecule has 0 saturated heterocycles. The average molecular weight is 267 g/mol. The van der Waals surface area contributed by atoms with Gasteiger partial charge in [0.05, 0.1) is 11.8 Å². The predicted octanol–water partition coefficient (Wildman–Crippen LogP) is 2.91. The molecule has 2 aliphatic rings. The lowest BCUT2D eigenvalue weighted by molar-refractivity contribution is 0.0950. The fourth-order valence-corrected chi connectivity index (χ4v) is 3.71. The zero-order chi connectivity index (χ0) is 13.6. The number of nitrogens with one attached hydrogen (secondary N) is 1. The molecule has 0 bridgehead atoms. The Kier molecular flexibility index (Phi) is 2.49. The van der Waals surface area contributed by atoms with E-state index in [2.05, 4.69) is 29.6 Å². The fourth-order valence-electron chi connectivity index (χ4n) is 3.71. The first kappa shape index (κ1) is 11.8. The van der Waals surface area contributed by atoms with Gasteiger partial charge in [0.15, 0.2) is 0 Å². The third-order valence-electron chi connectivity index (χ3n) is 4.92. The summed E-state index contributed by atoms with van der Waals surface area (Å²) < 4.78 is 4.94. The van der Waals surface area contributed by atoms with Crippen molar-refractivity contribution in [3.8, 4) is 0 Å². The van der Waals surface area contributed by atoms with Crippen LogP contribution in [0, 0.1) is 5.92 Å². The molecule has 0 radical (unpaired) electrons. The van der Waals surface area contributed by atoms with E-state index in [1.807, 2.05) is 0 Å². The van der Waals surface area contributed by atoms with Crippen LogP contribution in [-0.4, -0.2) is 12.5 Å². The van der Waals surface area contributed by atoms with Gasteiger partial charge in [-0.3, -0.25) is 4.79 Å². The molecule has 1 spiro atoms. The Morgan fingerprint density at radius 3 is 3.10 bits per heavy atom. The molecule has 2 aromatic rings. The number of rotatable bonds is 3. The number of carbonyl (C=O) groups excluding carboxylic acids is 1. The second kappa shape index (κ2) is 4.23. The Morgan fingerprint density at radius 2 is 2.25 bits per heavy atom. The van der Waals surface area contributed by atoms with Gasteiger partial charge in [0.2, 0.25) is 0 Å². The van der Waals surface area contributed by atoms with E-state index in [1.165, 1.54) is 42.9 Å². The van der Waals surface area contributed by atoms with Crippen LogP contribution in [0.3, 0.4) is 0 Å². The van der Waals surface area contributed by atoms with Crippen LogP contribution in [0.25, 0.3) is 0 Å². The van der Waals surface area contributed by atoms with Crippen molar-refractivity contribution < 1.29 is 9.21 Å². The molecule has 1 saturated carbocycles. The van der Waals surface area contributed by atoms with Crippen LogP contribution >= 0.6 is 0 Å². The average Bonchev–Trinajstić information content (AvgIpc) is 2.83. The van der Waals surface area contributed by atoms with E-state index in [0.29, 0.717) is 16.9 Å². The van der Waals surface area contributed by atoms with E-state index in [-0.39, 0.29) is 5.91 Å².